The molecule has 0 aromatic rings. The van der Waals surface area contributed by atoms with E-state index in [1.165, 1.54) is 0 Å². The summed E-state index contributed by atoms with van der Waals surface area (Å²) in [6.45, 7) is 4.22. The van der Waals surface area contributed by atoms with Gasteiger partial charge in [-0.3, -0.25) is 0 Å². The average molecular weight is 429 g/mol. The molecule has 0 aliphatic carbocycles. The van der Waals surface area contributed by atoms with Gasteiger partial charge in [-0.15, -0.1) is 0 Å². The zero-order valence-electron chi connectivity index (χ0n) is 9.49. The Labute approximate surface area is 115 Å². The molecule has 0 saturated carbocycles. The number of hydrogen-bond donors (Lipinski definition) is 3. The summed E-state index contributed by atoms with van der Waals surface area (Å²) < 4.78 is 0. The first-order valence-electron chi connectivity index (χ1n) is 4.25. The fraction of sp³-hybridized carbons (Fsp3) is 0.750. The van der Waals surface area contributed by atoms with Crippen molar-refractivity contribution in [3.63, 3.8) is 0 Å². The van der Waals surface area contributed by atoms with Crippen LogP contribution in [0.2, 0.25) is 0 Å². The zero-order valence-corrected chi connectivity index (χ0v) is 13.4. The molecule has 0 aromatic carbocycles. The molecule has 0 bridgehead atoms. The quantitative estimate of drug-likeness (QED) is 0.303. The van der Waals surface area contributed by atoms with Crippen LogP contribution >= 0.6 is 0 Å². The molecule has 94 valence electrons. The van der Waals surface area contributed by atoms with Gasteiger partial charge in [-0.1, -0.05) is 0 Å². The van der Waals surface area contributed by atoms with Crippen molar-refractivity contribution >= 4 is 39.2 Å². The van der Waals surface area contributed by atoms with E-state index in [9.17, 15) is 0 Å². The minimum Gasteiger partial charge on any atom is -0.550 e. The first-order valence-corrected chi connectivity index (χ1v) is 4.25. The first-order chi connectivity index (χ1) is 6.88. The van der Waals surface area contributed by atoms with E-state index in [4.69, 9.17) is 30.6 Å². The van der Waals surface area contributed by atoms with Gasteiger partial charge >= 0.3 is 27.3 Å². The van der Waals surface area contributed by atoms with E-state index in [0.717, 1.165) is 20.4 Å². The average Bonchev–Trinajstić information content (AvgIpc) is 2.03. The zero-order chi connectivity index (χ0) is 12.7. The van der Waals surface area contributed by atoms with E-state index in [2.05, 4.69) is 5.32 Å². The SMILES string of the molecule is CC(=O)[O-].CC(=O)[O-].NCCNCCO.[Pb+2]. The van der Waals surface area contributed by atoms with E-state index in [0.29, 0.717) is 13.1 Å². The standard InChI is InChI=1S/C4H12N2O.2C2H4O2.Pb/c5-1-2-6-3-4-7;2*1-2(3)4;/h6-7H,1-5H2;2*1H3,(H,3,4);/q;;;+2/p-2. The third-order valence-corrected chi connectivity index (χ3v) is 0.610. The Bertz CT molecular complexity index is 133. The molecule has 0 rings (SSSR count). The number of carbonyl (C=O) groups excluding carboxylic acids is 2. The molecule has 0 fully saturated rings. The fourth-order valence-corrected chi connectivity index (χ4v) is 0.306. The number of carboxylic acids is 2. The molecule has 0 aliphatic rings. The first kappa shape index (κ1) is 24.8. The fourth-order valence-electron chi connectivity index (χ4n) is 0.306. The van der Waals surface area contributed by atoms with Crippen molar-refractivity contribution in [2.45, 2.75) is 13.8 Å². The van der Waals surface area contributed by atoms with Crippen LogP contribution in [0.15, 0.2) is 0 Å². The van der Waals surface area contributed by atoms with Crippen LogP contribution in [0.3, 0.4) is 0 Å². The molecule has 0 aromatic heterocycles. The van der Waals surface area contributed by atoms with Crippen molar-refractivity contribution in [1.82, 2.24) is 5.32 Å². The van der Waals surface area contributed by atoms with Gasteiger partial charge in [-0.25, -0.2) is 0 Å². The maximum absolute atomic E-state index is 8.89. The van der Waals surface area contributed by atoms with Gasteiger partial charge in [0.15, 0.2) is 0 Å². The number of rotatable bonds is 4. The molecule has 0 unspecified atom stereocenters. The number of nitrogens with one attached hydrogen (secondary N) is 1. The van der Waals surface area contributed by atoms with Crippen molar-refractivity contribution in [2.75, 3.05) is 26.2 Å². The number of carboxylic acid groups (broad SMARTS) is 2. The van der Waals surface area contributed by atoms with Crippen LogP contribution in [-0.2, 0) is 9.59 Å². The molecule has 4 N–H and O–H groups in total. The van der Waals surface area contributed by atoms with E-state index < -0.39 is 11.9 Å². The molecular weight excluding hydrogens is 411 g/mol. The number of aliphatic carboxylic acids is 2. The Morgan fingerprint density at radius 1 is 1.19 bits per heavy atom. The van der Waals surface area contributed by atoms with Crippen LogP contribution < -0.4 is 21.3 Å². The van der Waals surface area contributed by atoms with E-state index >= 15 is 0 Å². The Balaban J connectivity index is -0.0000000700. The van der Waals surface area contributed by atoms with Crippen LogP contribution in [0.25, 0.3) is 0 Å². The van der Waals surface area contributed by atoms with Crippen LogP contribution in [0.4, 0.5) is 0 Å². The van der Waals surface area contributed by atoms with Crippen molar-refractivity contribution in [1.29, 1.82) is 0 Å². The largest absolute Gasteiger partial charge is 2.00 e. The Kier molecular flexibility index (Phi) is 37.4. The van der Waals surface area contributed by atoms with Gasteiger partial charge in [0.1, 0.15) is 0 Å². The molecule has 0 atom stereocenters. The smallest absolute Gasteiger partial charge is 0.550 e. The number of aliphatic hydroxyl groups excluding tert-OH is 1. The van der Waals surface area contributed by atoms with Crippen LogP contribution in [0.5, 0.6) is 0 Å². The van der Waals surface area contributed by atoms with Crippen LogP contribution in [0.1, 0.15) is 13.8 Å². The molecule has 16 heavy (non-hydrogen) atoms. The molecule has 8 heteroatoms. The second-order valence-electron chi connectivity index (χ2n) is 2.25. The van der Waals surface area contributed by atoms with E-state index in [1.54, 1.807) is 0 Å². The molecule has 0 aliphatic heterocycles. The second-order valence-corrected chi connectivity index (χ2v) is 2.25. The second kappa shape index (κ2) is 24.1. The monoisotopic (exact) mass is 430 g/mol. The predicted molar refractivity (Wildman–Crippen MR) is 56.1 cm³/mol. The number of hydrogen-bond acceptors (Lipinski definition) is 7. The normalized spacial score (nSPS) is 7.25. The van der Waals surface area contributed by atoms with Gasteiger partial charge in [-0.05, 0) is 13.8 Å². The summed E-state index contributed by atoms with van der Waals surface area (Å²) in [5, 5.41) is 28.9. The maximum atomic E-state index is 8.89. The van der Waals surface area contributed by atoms with Gasteiger partial charge in [0.25, 0.3) is 0 Å². The Morgan fingerprint density at radius 3 is 1.69 bits per heavy atom. The molecule has 0 amide bonds. The van der Waals surface area contributed by atoms with Crippen molar-refractivity contribution in [3.05, 3.63) is 0 Å². The number of carbonyl (C=O) groups is 2. The summed E-state index contributed by atoms with van der Waals surface area (Å²) in [5.74, 6) is -2.17. The van der Waals surface area contributed by atoms with Gasteiger partial charge in [0.05, 0.1) is 6.61 Å². The van der Waals surface area contributed by atoms with Crippen LogP contribution in [0, 0.1) is 0 Å². The minimum absolute atomic E-state index is 0. The molecule has 2 radical (unpaired) electrons. The summed E-state index contributed by atoms with van der Waals surface area (Å²) in [6, 6.07) is 0. The summed E-state index contributed by atoms with van der Waals surface area (Å²) in [7, 11) is 0. The molecule has 0 spiro atoms. The van der Waals surface area contributed by atoms with Crippen molar-refractivity contribution in [2.24, 2.45) is 5.73 Å². The summed E-state index contributed by atoms with van der Waals surface area (Å²) in [5.41, 5.74) is 5.13. The van der Waals surface area contributed by atoms with Crippen molar-refractivity contribution in [3.8, 4) is 0 Å². The van der Waals surface area contributed by atoms with Crippen molar-refractivity contribution < 1.29 is 24.9 Å². The van der Waals surface area contributed by atoms with Gasteiger partial charge in [-0.2, -0.15) is 0 Å². The molecule has 0 heterocycles. The topological polar surface area (TPSA) is 139 Å². The maximum Gasteiger partial charge on any atom is 2.00 e. The molecule has 7 nitrogen and oxygen atoms in total. The molecule has 0 saturated heterocycles. The number of aliphatic hydroxyl groups is 1. The summed E-state index contributed by atoms with van der Waals surface area (Å²) >= 11 is 0. The third-order valence-electron chi connectivity index (χ3n) is 0.610. The third kappa shape index (κ3) is 159. The van der Waals surface area contributed by atoms with Gasteiger partial charge < -0.3 is 36.0 Å². The number of nitrogens with two attached hydrogens (primary N) is 1. The van der Waals surface area contributed by atoms with E-state index in [-0.39, 0.29) is 33.9 Å². The predicted octanol–water partition coefficient (Wildman–Crippen LogP) is -4.34. The summed E-state index contributed by atoms with van der Waals surface area (Å²) in [6.07, 6.45) is 0. The Hall–Kier alpha value is -0.258. The minimum atomic E-state index is -1.08. The van der Waals surface area contributed by atoms with E-state index in [1.807, 2.05) is 0 Å². The van der Waals surface area contributed by atoms with Crippen LogP contribution in [-0.4, -0.2) is 70.6 Å². The summed E-state index contributed by atoms with van der Waals surface area (Å²) in [4.78, 5) is 17.8. The Morgan fingerprint density at radius 2 is 1.50 bits per heavy atom. The molecular formula is C8H18N2O5Pb. The van der Waals surface area contributed by atoms with Gasteiger partial charge in [0.2, 0.25) is 0 Å². The van der Waals surface area contributed by atoms with Gasteiger partial charge in [0, 0.05) is 31.6 Å².